The molecule has 25 heavy (non-hydrogen) atoms. The second-order valence-electron chi connectivity index (χ2n) is 7.23. The number of benzene rings is 1. The van der Waals surface area contributed by atoms with Gasteiger partial charge in [-0.05, 0) is 43.9 Å². The highest BCUT2D eigenvalue weighted by Gasteiger charge is 2.43. The summed E-state index contributed by atoms with van der Waals surface area (Å²) in [5.74, 6) is -0.316. The number of likely N-dealkylation sites (tertiary alicyclic amines) is 1. The lowest BCUT2D eigenvalue weighted by atomic mass is 9.74. The molecule has 1 spiro atoms. The van der Waals surface area contributed by atoms with Crippen LogP contribution in [0.2, 0.25) is 0 Å². The van der Waals surface area contributed by atoms with Crippen LogP contribution in [0.5, 0.6) is 0 Å². The van der Waals surface area contributed by atoms with Crippen LogP contribution in [-0.2, 0) is 20.6 Å². The van der Waals surface area contributed by atoms with E-state index < -0.39 is 10.0 Å². The molecule has 2 saturated heterocycles. The van der Waals surface area contributed by atoms with Crippen molar-refractivity contribution in [1.29, 1.82) is 0 Å². The van der Waals surface area contributed by atoms with E-state index in [9.17, 15) is 17.6 Å². The first-order valence-electron chi connectivity index (χ1n) is 8.84. The Labute approximate surface area is 148 Å². The maximum absolute atomic E-state index is 13.0. The minimum absolute atomic E-state index is 0.111. The van der Waals surface area contributed by atoms with Gasteiger partial charge in [0.2, 0.25) is 15.9 Å². The fourth-order valence-electron chi connectivity index (χ4n) is 4.01. The number of nitrogens with zero attached hydrogens (tertiary/aromatic N) is 2. The predicted molar refractivity (Wildman–Crippen MR) is 93.8 cm³/mol. The predicted octanol–water partition coefficient (Wildman–Crippen LogP) is 2.38. The third-order valence-corrected chi connectivity index (χ3v) is 7.21. The summed E-state index contributed by atoms with van der Waals surface area (Å²) >= 11 is 0. The van der Waals surface area contributed by atoms with E-state index in [2.05, 4.69) is 0 Å². The van der Waals surface area contributed by atoms with Gasteiger partial charge >= 0.3 is 0 Å². The van der Waals surface area contributed by atoms with Gasteiger partial charge in [0.15, 0.2) is 0 Å². The Kier molecular flexibility index (Phi) is 5.16. The highest BCUT2D eigenvalue weighted by Crippen LogP contribution is 2.39. The van der Waals surface area contributed by atoms with Crippen molar-refractivity contribution in [3.8, 4) is 0 Å². The number of amides is 1. The van der Waals surface area contributed by atoms with Gasteiger partial charge in [-0.25, -0.2) is 17.1 Å². The van der Waals surface area contributed by atoms with E-state index in [1.165, 1.54) is 24.3 Å². The van der Waals surface area contributed by atoms with Gasteiger partial charge in [-0.15, -0.1) is 0 Å². The first-order valence-corrected chi connectivity index (χ1v) is 10.4. The van der Waals surface area contributed by atoms with Gasteiger partial charge < -0.3 is 4.90 Å². The molecule has 1 atom stereocenters. The van der Waals surface area contributed by atoms with Crippen molar-refractivity contribution in [2.24, 2.45) is 5.41 Å². The smallest absolute Gasteiger partial charge is 0.222 e. The Morgan fingerprint density at radius 1 is 1.16 bits per heavy atom. The van der Waals surface area contributed by atoms with Crippen LogP contribution in [0, 0.1) is 11.2 Å². The lowest BCUT2D eigenvalue weighted by molar-refractivity contribution is -0.138. The van der Waals surface area contributed by atoms with Gasteiger partial charge in [0, 0.05) is 38.0 Å². The van der Waals surface area contributed by atoms with Crippen LogP contribution < -0.4 is 0 Å². The molecule has 2 heterocycles. The fraction of sp³-hybridized carbons (Fsp3) is 0.611. The lowest BCUT2D eigenvalue weighted by Gasteiger charge is -2.47. The first kappa shape index (κ1) is 18.3. The molecule has 5 nitrogen and oxygen atoms in total. The Bertz CT molecular complexity index is 735. The lowest BCUT2D eigenvalue weighted by Crippen LogP contribution is -2.55. The van der Waals surface area contributed by atoms with E-state index in [0.717, 1.165) is 19.3 Å². The van der Waals surface area contributed by atoms with Gasteiger partial charge in [0.1, 0.15) is 5.82 Å². The summed E-state index contributed by atoms with van der Waals surface area (Å²) in [6.07, 6.45) is 3.03. The van der Waals surface area contributed by atoms with Crippen LogP contribution in [0.15, 0.2) is 24.3 Å². The summed E-state index contributed by atoms with van der Waals surface area (Å²) in [6.45, 7) is 4.27. The monoisotopic (exact) mass is 368 g/mol. The molecule has 2 fully saturated rings. The third kappa shape index (κ3) is 4.03. The number of piperidine rings is 2. The summed E-state index contributed by atoms with van der Waals surface area (Å²) in [4.78, 5) is 13.8. The third-order valence-electron chi connectivity index (χ3n) is 5.41. The zero-order valence-corrected chi connectivity index (χ0v) is 15.4. The molecule has 1 aromatic carbocycles. The van der Waals surface area contributed by atoms with Crippen molar-refractivity contribution < 1.29 is 17.6 Å². The van der Waals surface area contributed by atoms with Crippen molar-refractivity contribution in [1.82, 2.24) is 9.21 Å². The molecule has 2 aliphatic heterocycles. The highest BCUT2D eigenvalue weighted by molar-refractivity contribution is 7.88. The summed E-state index contributed by atoms with van der Waals surface area (Å²) < 4.78 is 40.3. The van der Waals surface area contributed by atoms with Crippen LogP contribution in [0.3, 0.4) is 0 Å². The molecule has 0 N–H and O–H groups in total. The van der Waals surface area contributed by atoms with Crippen molar-refractivity contribution in [3.63, 3.8) is 0 Å². The standard InChI is InChI=1S/C18H25FN2O3S/c1-2-20-13-18(10-8-17(20)22)9-3-11-21(14-18)25(23,24)12-15-4-6-16(19)7-5-15/h4-7H,2-3,8-14H2,1H3. The Morgan fingerprint density at radius 2 is 1.88 bits per heavy atom. The second kappa shape index (κ2) is 7.03. The molecule has 1 aromatic rings. The number of hydrogen-bond acceptors (Lipinski definition) is 3. The maximum Gasteiger partial charge on any atom is 0.222 e. The molecule has 0 saturated carbocycles. The van der Waals surface area contributed by atoms with Crippen molar-refractivity contribution in [3.05, 3.63) is 35.6 Å². The van der Waals surface area contributed by atoms with Gasteiger partial charge in [-0.3, -0.25) is 4.79 Å². The van der Waals surface area contributed by atoms with Crippen LogP contribution in [0.4, 0.5) is 4.39 Å². The zero-order valence-electron chi connectivity index (χ0n) is 14.6. The minimum atomic E-state index is -3.45. The highest BCUT2D eigenvalue weighted by atomic mass is 32.2. The molecule has 138 valence electrons. The molecule has 3 rings (SSSR count). The average molecular weight is 368 g/mol. The van der Waals surface area contributed by atoms with Crippen molar-refractivity contribution in [2.75, 3.05) is 26.2 Å². The number of hydrogen-bond donors (Lipinski definition) is 0. The van der Waals surface area contributed by atoms with E-state index >= 15 is 0 Å². The summed E-state index contributed by atoms with van der Waals surface area (Å²) in [5.41, 5.74) is 0.466. The molecule has 0 radical (unpaired) electrons. The number of halogens is 1. The maximum atomic E-state index is 13.0. The molecule has 0 aromatic heterocycles. The van der Waals surface area contributed by atoms with E-state index in [-0.39, 0.29) is 22.9 Å². The molecule has 1 amide bonds. The second-order valence-corrected chi connectivity index (χ2v) is 9.20. The number of carbonyl (C=O) groups is 1. The minimum Gasteiger partial charge on any atom is -0.342 e. The molecule has 0 aliphatic carbocycles. The Morgan fingerprint density at radius 3 is 2.56 bits per heavy atom. The van der Waals surface area contributed by atoms with E-state index in [0.29, 0.717) is 38.2 Å². The topological polar surface area (TPSA) is 57.7 Å². The molecular weight excluding hydrogens is 343 g/mol. The van der Waals surface area contributed by atoms with Gasteiger partial charge in [-0.1, -0.05) is 12.1 Å². The van der Waals surface area contributed by atoms with Crippen LogP contribution in [0.25, 0.3) is 0 Å². The van der Waals surface area contributed by atoms with Gasteiger partial charge in [0.25, 0.3) is 0 Å². The Hall–Kier alpha value is -1.47. The summed E-state index contributed by atoms with van der Waals surface area (Å²) in [7, 11) is -3.45. The Balaban J connectivity index is 1.74. The van der Waals surface area contributed by atoms with Crippen LogP contribution in [0.1, 0.15) is 38.2 Å². The average Bonchev–Trinajstić information content (AvgIpc) is 2.59. The number of carbonyl (C=O) groups excluding carboxylic acids is 1. The molecule has 2 aliphatic rings. The quantitative estimate of drug-likeness (QED) is 0.820. The van der Waals surface area contributed by atoms with Crippen LogP contribution in [-0.4, -0.2) is 49.7 Å². The summed E-state index contributed by atoms with van der Waals surface area (Å²) in [5, 5.41) is 0. The summed E-state index contributed by atoms with van der Waals surface area (Å²) in [6, 6.07) is 5.61. The normalized spacial score (nSPS) is 25.5. The number of sulfonamides is 1. The molecular formula is C18H25FN2O3S. The number of rotatable bonds is 4. The first-order chi connectivity index (χ1) is 11.8. The molecule has 7 heteroatoms. The molecule has 0 bridgehead atoms. The van der Waals surface area contributed by atoms with E-state index in [1.54, 1.807) is 4.31 Å². The van der Waals surface area contributed by atoms with E-state index in [4.69, 9.17) is 0 Å². The van der Waals surface area contributed by atoms with Crippen molar-refractivity contribution in [2.45, 2.75) is 38.4 Å². The van der Waals surface area contributed by atoms with Gasteiger partial charge in [-0.2, -0.15) is 0 Å². The largest absolute Gasteiger partial charge is 0.342 e. The molecule has 1 unspecified atom stereocenters. The van der Waals surface area contributed by atoms with Crippen LogP contribution >= 0.6 is 0 Å². The SMILES string of the molecule is CCN1CC2(CCCN(S(=O)(=O)Cc3ccc(F)cc3)C2)CCC1=O. The fourth-order valence-corrected chi connectivity index (χ4v) is 5.68. The zero-order chi connectivity index (χ0) is 18.1. The van der Waals surface area contributed by atoms with E-state index in [1.807, 2.05) is 11.8 Å². The van der Waals surface area contributed by atoms with Gasteiger partial charge in [0.05, 0.1) is 5.75 Å². The van der Waals surface area contributed by atoms with Crippen molar-refractivity contribution >= 4 is 15.9 Å².